The van der Waals surface area contributed by atoms with E-state index in [0.717, 1.165) is 0 Å². The second-order valence-electron chi connectivity index (χ2n) is 3.47. The van der Waals surface area contributed by atoms with Gasteiger partial charge in [0, 0.05) is 12.7 Å². The fraction of sp³-hybridized carbons (Fsp3) is 0.111. The van der Waals surface area contributed by atoms with Crippen LogP contribution in [0.1, 0.15) is 5.56 Å². The normalized spacial score (nSPS) is 10.2. The Labute approximate surface area is 99.1 Å². The molecule has 0 amide bonds. The van der Waals surface area contributed by atoms with E-state index < -0.39 is 16.9 Å². The van der Waals surface area contributed by atoms with Gasteiger partial charge in [-0.3, -0.25) is 14.8 Å². The molecule has 0 fully saturated rings. The Morgan fingerprint density at radius 1 is 1.28 bits per heavy atom. The number of anilines is 2. The van der Waals surface area contributed by atoms with Gasteiger partial charge in [-0.2, -0.15) is 4.98 Å². The van der Waals surface area contributed by atoms with Crippen molar-refractivity contribution >= 4 is 11.5 Å². The molecule has 6 N–H and O–H groups in total. The van der Waals surface area contributed by atoms with Gasteiger partial charge in [-0.1, -0.05) is 0 Å². The summed E-state index contributed by atoms with van der Waals surface area (Å²) in [6.45, 7) is 0.129. The quantitative estimate of drug-likeness (QED) is 0.440. The number of hydrogen-bond acceptors (Lipinski definition) is 6. The Bertz CT molecular complexity index is 728. The smallest absolute Gasteiger partial charge is 0.346 e. The lowest BCUT2D eigenvalue weighted by molar-refractivity contribution is 0.961. The third-order valence-corrected chi connectivity index (χ3v) is 2.21. The molecule has 9 nitrogen and oxygen atoms in total. The Hall–Kier alpha value is -2.84. The van der Waals surface area contributed by atoms with Crippen LogP contribution < -0.4 is 28.0 Å². The number of nitrogens with zero attached hydrogens (tertiary/aromatic N) is 1. The predicted molar refractivity (Wildman–Crippen MR) is 64.3 cm³/mol. The van der Waals surface area contributed by atoms with Crippen LogP contribution in [0.25, 0.3) is 0 Å². The fourth-order valence-corrected chi connectivity index (χ4v) is 1.31. The minimum Gasteiger partial charge on any atom is -0.383 e. The molecule has 2 aromatic rings. The van der Waals surface area contributed by atoms with Crippen LogP contribution in [0.4, 0.5) is 11.5 Å². The molecule has 0 aliphatic heterocycles. The first-order valence-corrected chi connectivity index (χ1v) is 4.96. The monoisotopic (exact) mass is 250 g/mol. The van der Waals surface area contributed by atoms with Gasteiger partial charge in [0.1, 0.15) is 5.82 Å². The Balaban J connectivity index is 2.19. The van der Waals surface area contributed by atoms with Crippen LogP contribution >= 0.6 is 0 Å². The van der Waals surface area contributed by atoms with Gasteiger partial charge < -0.3 is 16.0 Å². The molecule has 0 aromatic carbocycles. The summed E-state index contributed by atoms with van der Waals surface area (Å²) in [7, 11) is 0. The van der Waals surface area contributed by atoms with Gasteiger partial charge in [0.15, 0.2) is 0 Å². The van der Waals surface area contributed by atoms with Crippen molar-refractivity contribution in [2.24, 2.45) is 0 Å². The molecule has 18 heavy (non-hydrogen) atoms. The number of aromatic amines is 3. The highest BCUT2D eigenvalue weighted by atomic mass is 16.2. The van der Waals surface area contributed by atoms with Gasteiger partial charge in [-0.05, 0) is 0 Å². The molecular formula is C9H10N6O3. The molecule has 2 heterocycles. The molecule has 0 unspecified atom stereocenters. The molecule has 0 saturated heterocycles. The maximum Gasteiger partial charge on any atom is 0.346 e. The zero-order chi connectivity index (χ0) is 13.1. The molecular weight excluding hydrogens is 240 g/mol. The predicted octanol–water partition coefficient (Wildman–Crippen LogP) is -1.66. The van der Waals surface area contributed by atoms with Crippen LogP contribution in [-0.4, -0.2) is 19.9 Å². The Morgan fingerprint density at radius 3 is 2.72 bits per heavy atom. The molecule has 0 radical (unpaired) electrons. The van der Waals surface area contributed by atoms with Crippen molar-refractivity contribution in [1.29, 1.82) is 0 Å². The number of aromatic nitrogens is 4. The summed E-state index contributed by atoms with van der Waals surface area (Å²) in [5.41, 5.74) is 4.63. The lowest BCUT2D eigenvalue weighted by Gasteiger charge is -2.06. The number of nitrogens with one attached hydrogen (secondary N) is 4. The zero-order valence-electron chi connectivity index (χ0n) is 9.11. The largest absolute Gasteiger partial charge is 0.383 e. The lowest BCUT2D eigenvalue weighted by Crippen LogP contribution is -2.26. The molecule has 0 aliphatic carbocycles. The highest BCUT2D eigenvalue weighted by Crippen LogP contribution is 2.10. The number of hydrogen-bond donors (Lipinski definition) is 5. The summed E-state index contributed by atoms with van der Waals surface area (Å²) in [6, 6.07) is 0. The highest BCUT2D eigenvalue weighted by Gasteiger charge is 2.03. The van der Waals surface area contributed by atoms with E-state index in [2.05, 4.69) is 25.3 Å². The molecule has 2 aromatic heterocycles. The first-order valence-electron chi connectivity index (χ1n) is 4.96. The van der Waals surface area contributed by atoms with Crippen LogP contribution in [-0.2, 0) is 6.54 Å². The third kappa shape index (κ3) is 2.45. The second kappa shape index (κ2) is 4.57. The van der Waals surface area contributed by atoms with Crippen LogP contribution in [0.15, 0.2) is 26.8 Å². The van der Waals surface area contributed by atoms with E-state index in [-0.39, 0.29) is 12.4 Å². The molecule has 0 atom stereocenters. The maximum atomic E-state index is 11.4. The van der Waals surface area contributed by atoms with E-state index in [9.17, 15) is 14.4 Å². The Morgan fingerprint density at radius 2 is 2.06 bits per heavy atom. The summed E-state index contributed by atoms with van der Waals surface area (Å²) < 4.78 is 0. The summed E-state index contributed by atoms with van der Waals surface area (Å²) in [4.78, 5) is 43.3. The average molecular weight is 250 g/mol. The van der Waals surface area contributed by atoms with Crippen LogP contribution in [0.5, 0.6) is 0 Å². The molecule has 94 valence electrons. The summed E-state index contributed by atoms with van der Waals surface area (Å²) in [6.07, 6.45) is 2.55. The lowest BCUT2D eigenvalue weighted by atomic mass is 10.3. The van der Waals surface area contributed by atoms with E-state index in [1.54, 1.807) is 0 Å². The minimum absolute atomic E-state index is 0.121. The fourth-order valence-electron chi connectivity index (χ4n) is 1.31. The van der Waals surface area contributed by atoms with Crippen LogP contribution in [0.2, 0.25) is 0 Å². The van der Waals surface area contributed by atoms with Crippen molar-refractivity contribution in [3.8, 4) is 0 Å². The summed E-state index contributed by atoms with van der Waals surface area (Å²) >= 11 is 0. The average Bonchev–Trinajstić information content (AvgIpc) is 2.30. The van der Waals surface area contributed by atoms with Gasteiger partial charge in [0.2, 0.25) is 0 Å². The van der Waals surface area contributed by atoms with Crippen LogP contribution in [0, 0.1) is 0 Å². The second-order valence-corrected chi connectivity index (χ2v) is 3.47. The van der Waals surface area contributed by atoms with Gasteiger partial charge in [-0.25, -0.2) is 9.59 Å². The van der Waals surface area contributed by atoms with E-state index in [0.29, 0.717) is 11.3 Å². The van der Waals surface area contributed by atoms with E-state index in [4.69, 9.17) is 5.73 Å². The summed E-state index contributed by atoms with van der Waals surface area (Å²) in [5, 5.41) is 2.82. The molecule has 0 saturated carbocycles. The van der Waals surface area contributed by atoms with Crippen molar-refractivity contribution in [1.82, 2.24) is 19.9 Å². The topological polar surface area (TPSA) is 150 Å². The zero-order valence-corrected chi connectivity index (χ0v) is 9.11. The van der Waals surface area contributed by atoms with Crippen molar-refractivity contribution < 1.29 is 0 Å². The van der Waals surface area contributed by atoms with Gasteiger partial charge in [-0.15, -0.1) is 0 Å². The number of nitrogens with two attached hydrogens (primary N) is 1. The summed E-state index contributed by atoms with van der Waals surface area (Å²) in [5.74, 6) is 0.121. The maximum absolute atomic E-state index is 11.4. The number of H-pyrrole nitrogens is 3. The first-order chi connectivity index (χ1) is 8.56. The Kier molecular flexibility index (Phi) is 2.96. The van der Waals surface area contributed by atoms with Crippen molar-refractivity contribution in [3.05, 3.63) is 49.3 Å². The van der Waals surface area contributed by atoms with Gasteiger partial charge in [0.05, 0.1) is 17.4 Å². The minimum atomic E-state index is -0.575. The third-order valence-electron chi connectivity index (χ3n) is 2.21. The van der Waals surface area contributed by atoms with Crippen LogP contribution in [0.3, 0.4) is 0 Å². The molecule has 0 spiro atoms. The van der Waals surface area contributed by atoms with Crippen molar-refractivity contribution in [3.63, 3.8) is 0 Å². The van der Waals surface area contributed by atoms with Crippen molar-refractivity contribution in [2.45, 2.75) is 6.54 Å². The molecule has 0 aliphatic rings. The SMILES string of the molecule is Nc1[nH]c(=O)ncc1NCc1c[nH]c(=O)[nH]c1=O. The standard InChI is InChI=1S/C9H10N6O3/c10-6-5(3-13-8(17)14-6)11-1-4-2-12-9(18)15-7(4)16/h2-3,11H,1H2,(H3,10,13,14,17)(H2,12,15,16,18). The van der Waals surface area contributed by atoms with Crippen molar-refractivity contribution in [2.75, 3.05) is 11.1 Å². The highest BCUT2D eigenvalue weighted by molar-refractivity contribution is 5.59. The van der Waals surface area contributed by atoms with E-state index in [1.807, 2.05) is 0 Å². The van der Waals surface area contributed by atoms with Gasteiger partial charge >= 0.3 is 11.4 Å². The molecule has 2 rings (SSSR count). The number of nitrogen functional groups attached to an aromatic ring is 1. The molecule has 9 heteroatoms. The molecule has 0 bridgehead atoms. The first kappa shape index (κ1) is 11.6. The van der Waals surface area contributed by atoms with E-state index >= 15 is 0 Å². The number of rotatable bonds is 3. The van der Waals surface area contributed by atoms with E-state index in [1.165, 1.54) is 12.4 Å². The van der Waals surface area contributed by atoms with Gasteiger partial charge in [0.25, 0.3) is 5.56 Å².